The number of nitrogens with two attached hydrogens (primary N) is 1. The molecule has 0 bridgehead atoms. The van der Waals surface area contributed by atoms with Crippen LogP contribution in [0.1, 0.15) is 21.5 Å². The molecule has 1 aromatic rings. The van der Waals surface area contributed by atoms with E-state index in [0.29, 0.717) is 11.5 Å². The summed E-state index contributed by atoms with van der Waals surface area (Å²) in [4.78, 5) is 16.0. The number of hydrogen-bond donors (Lipinski definition) is 1. The Hall–Kier alpha value is -0.940. The Morgan fingerprint density at radius 3 is 2.69 bits per heavy atom. The van der Waals surface area contributed by atoms with Gasteiger partial charge in [-0.2, -0.15) is 0 Å². The summed E-state index contributed by atoms with van der Waals surface area (Å²) in [5.74, 6) is 0.0752. The van der Waals surface area contributed by atoms with E-state index in [0.717, 1.165) is 9.75 Å². The normalized spacial score (nSPS) is 12.2. The highest BCUT2D eigenvalue weighted by atomic mass is 32.1. The summed E-state index contributed by atoms with van der Waals surface area (Å²) in [6.45, 7) is 4.47. The maximum Gasteiger partial charge on any atom is 0.263 e. The molecule has 0 saturated heterocycles. The van der Waals surface area contributed by atoms with Crippen LogP contribution >= 0.6 is 23.6 Å². The van der Waals surface area contributed by atoms with Gasteiger partial charge in [-0.1, -0.05) is 19.1 Å². The zero-order valence-corrected chi connectivity index (χ0v) is 11.3. The SMILES string of the molecule is Cc1ccc(C(=O)N(C)CC(C)C(N)=S)s1. The topological polar surface area (TPSA) is 46.3 Å². The Kier molecular flexibility index (Phi) is 4.44. The van der Waals surface area contributed by atoms with E-state index in [4.69, 9.17) is 18.0 Å². The van der Waals surface area contributed by atoms with Crippen LogP contribution < -0.4 is 5.73 Å². The predicted molar refractivity (Wildman–Crippen MR) is 72.0 cm³/mol. The molecule has 0 spiro atoms. The number of thiophene rings is 1. The van der Waals surface area contributed by atoms with E-state index < -0.39 is 0 Å². The van der Waals surface area contributed by atoms with Crippen LogP contribution in [-0.2, 0) is 0 Å². The highest BCUT2D eigenvalue weighted by molar-refractivity contribution is 7.80. The van der Waals surface area contributed by atoms with Crippen molar-refractivity contribution in [3.63, 3.8) is 0 Å². The fourth-order valence-electron chi connectivity index (χ4n) is 1.32. The van der Waals surface area contributed by atoms with Gasteiger partial charge in [0.1, 0.15) is 0 Å². The first kappa shape index (κ1) is 13.1. The first-order valence-electron chi connectivity index (χ1n) is 5.03. The van der Waals surface area contributed by atoms with Gasteiger partial charge >= 0.3 is 0 Å². The van der Waals surface area contributed by atoms with Crippen LogP contribution in [0.5, 0.6) is 0 Å². The van der Waals surface area contributed by atoms with E-state index in [1.54, 1.807) is 11.9 Å². The number of aryl methyl sites for hydroxylation is 1. The summed E-state index contributed by atoms with van der Waals surface area (Å²) in [5, 5.41) is 0. The molecule has 0 saturated carbocycles. The van der Waals surface area contributed by atoms with Crippen molar-refractivity contribution in [2.45, 2.75) is 13.8 Å². The maximum absolute atomic E-state index is 12.0. The van der Waals surface area contributed by atoms with Crippen LogP contribution in [0.2, 0.25) is 0 Å². The van der Waals surface area contributed by atoms with Gasteiger partial charge in [0.25, 0.3) is 5.91 Å². The van der Waals surface area contributed by atoms with E-state index in [-0.39, 0.29) is 11.8 Å². The molecule has 1 amide bonds. The highest BCUT2D eigenvalue weighted by Crippen LogP contribution is 2.17. The minimum Gasteiger partial charge on any atom is -0.393 e. The van der Waals surface area contributed by atoms with Crippen molar-refractivity contribution in [3.8, 4) is 0 Å². The molecule has 1 aromatic heterocycles. The molecule has 0 aliphatic carbocycles. The summed E-state index contributed by atoms with van der Waals surface area (Å²) < 4.78 is 0. The van der Waals surface area contributed by atoms with Gasteiger partial charge in [-0.25, -0.2) is 0 Å². The third-order valence-corrected chi connectivity index (χ3v) is 3.72. The van der Waals surface area contributed by atoms with Gasteiger partial charge < -0.3 is 10.6 Å². The van der Waals surface area contributed by atoms with Crippen LogP contribution in [0.4, 0.5) is 0 Å². The van der Waals surface area contributed by atoms with Crippen LogP contribution in [0.25, 0.3) is 0 Å². The molecule has 3 nitrogen and oxygen atoms in total. The number of carbonyl (C=O) groups excluding carboxylic acids is 1. The van der Waals surface area contributed by atoms with Crippen LogP contribution in [0, 0.1) is 12.8 Å². The van der Waals surface area contributed by atoms with E-state index in [9.17, 15) is 4.79 Å². The lowest BCUT2D eigenvalue weighted by Gasteiger charge is -2.20. The van der Waals surface area contributed by atoms with Gasteiger partial charge in [-0.05, 0) is 19.1 Å². The summed E-state index contributed by atoms with van der Waals surface area (Å²) in [6.07, 6.45) is 0. The fraction of sp³-hybridized carbons (Fsp3) is 0.455. The lowest BCUT2D eigenvalue weighted by atomic mass is 10.1. The van der Waals surface area contributed by atoms with E-state index in [1.165, 1.54) is 11.3 Å². The molecule has 0 aromatic carbocycles. The zero-order valence-electron chi connectivity index (χ0n) is 9.69. The van der Waals surface area contributed by atoms with E-state index >= 15 is 0 Å². The Bertz CT molecular complexity index is 400. The molecule has 1 heterocycles. The molecule has 5 heteroatoms. The molecular weight excluding hydrogens is 240 g/mol. The van der Waals surface area contributed by atoms with Crippen LogP contribution in [0.3, 0.4) is 0 Å². The average molecular weight is 256 g/mol. The molecule has 1 unspecified atom stereocenters. The van der Waals surface area contributed by atoms with Gasteiger partial charge in [-0.15, -0.1) is 11.3 Å². The summed E-state index contributed by atoms with van der Waals surface area (Å²) in [5.41, 5.74) is 5.52. The summed E-state index contributed by atoms with van der Waals surface area (Å²) >= 11 is 6.39. The van der Waals surface area contributed by atoms with Gasteiger partial charge in [0.15, 0.2) is 0 Å². The summed E-state index contributed by atoms with van der Waals surface area (Å²) in [6, 6.07) is 3.80. The molecule has 1 atom stereocenters. The Balaban J connectivity index is 2.64. The Labute approximate surface area is 105 Å². The molecule has 16 heavy (non-hydrogen) atoms. The molecule has 0 aliphatic rings. The Morgan fingerprint density at radius 1 is 1.62 bits per heavy atom. The van der Waals surface area contributed by atoms with Crippen molar-refractivity contribution in [2.75, 3.05) is 13.6 Å². The number of hydrogen-bond acceptors (Lipinski definition) is 3. The first-order valence-corrected chi connectivity index (χ1v) is 6.25. The Morgan fingerprint density at radius 2 is 2.25 bits per heavy atom. The smallest absolute Gasteiger partial charge is 0.263 e. The lowest BCUT2D eigenvalue weighted by molar-refractivity contribution is 0.0791. The van der Waals surface area contributed by atoms with E-state index in [1.807, 2.05) is 26.0 Å². The second kappa shape index (κ2) is 5.41. The third-order valence-electron chi connectivity index (χ3n) is 2.33. The third kappa shape index (κ3) is 3.28. The second-order valence-electron chi connectivity index (χ2n) is 3.90. The largest absolute Gasteiger partial charge is 0.393 e. The standard InChI is InChI=1S/C11H16N2OS2/c1-7(10(12)15)6-13(3)11(14)9-5-4-8(2)16-9/h4-5,7H,6H2,1-3H3,(H2,12,15). The number of carbonyl (C=O) groups is 1. The minimum absolute atomic E-state index is 0.0289. The van der Waals surface area contributed by atoms with Crippen molar-refractivity contribution < 1.29 is 4.79 Å². The summed E-state index contributed by atoms with van der Waals surface area (Å²) in [7, 11) is 1.77. The number of rotatable bonds is 4. The van der Waals surface area contributed by atoms with Gasteiger partial charge in [0, 0.05) is 24.4 Å². The molecule has 0 fully saturated rings. The lowest BCUT2D eigenvalue weighted by Crippen LogP contribution is -2.35. The molecule has 1 rings (SSSR count). The number of nitrogens with zero attached hydrogens (tertiary/aromatic N) is 1. The predicted octanol–water partition coefficient (Wildman–Crippen LogP) is 2.05. The van der Waals surface area contributed by atoms with Crippen molar-refractivity contribution in [1.29, 1.82) is 0 Å². The molecule has 0 aliphatic heterocycles. The molecule has 0 radical (unpaired) electrons. The first-order chi connectivity index (χ1) is 7.41. The van der Waals surface area contributed by atoms with Crippen LogP contribution in [0.15, 0.2) is 12.1 Å². The molecular formula is C11H16N2OS2. The minimum atomic E-state index is 0.0289. The van der Waals surface area contributed by atoms with E-state index in [2.05, 4.69) is 0 Å². The monoisotopic (exact) mass is 256 g/mol. The van der Waals surface area contributed by atoms with Crippen molar-refractivity contribution in [3.05, 3.63) is 21.9 Å². The van der Waals surface area contributed by atoms with Gasteiger partial charge in [0.05, 0.1) is 9.87 Å². The number of thiocarbonyl (C=S) groups is 1. The fourth-order valence-corrected chi connectivity index (χ4v) is 2.26. The molecule has 2 N–H and O–H groups in total. The quantitative estimate of drug-likeness (QED) is 0.839. The van der Waals surface area contributed by atoms with Gasteiger partial charge in [-0.3, -0.25) is 4.79 Å². The van der Waals surface area contributed by atoms with Crippen molar-refractivity contribution in [1.82, 2.24) is 4.90 Å². The van der Waals surface area contributed by atoms with Crippen molar-refractivity contribution in [2.24, 2.45) is 11.7 Å². The van der Waals surface area contributed by atoms with Crippen LogP contribution in [-0.4, -0.2) is 29.4 Å². The second-order valence-corrected chi connectivity index (χ2v) is 5.66. The maximum atomic E-state index is 12.0. The molecule has 88 valence electrons. The zero-order chi connectivity index (χ0) is 12.3. The average Bonchev–Trinajstić information content (AvgIpc) is 2.63. The van der Waals surface area contributed by atoms with Gasteiger partial charge in [0.2, 0.25) is 0 Å². The highest BCUT2D eigenvalue weighted by Gasteiger charge is 2.16. The van der Waals surface area contributed by atoms with Crippen molar-refractivity contribution >= 4 is 34.5 Å². The number of amides is 1.